The summed E-state index contributed by atoms with van der Waals surface area (Å²) in [6.07, 6.45) is 4.45. The number of fused-ring (bicyclic) bond motifs is 2. The fourth-order valence-corrected chi connectivity index (χ4v) is 7.86. The van der Waals surface area contributed by atoms with E-state index in [-0.39, 0.29) is 18.1 Å². The molecule has 392 valence electrons. The van der Waals surface area contributed by atoms with Crippen LogP contribution < -0.4 is 50.8 Å². The molecular formula is C53H74N14O6. The summed E-state index contributed by atoms with van der Waals surface area (Å²) in [4.78, 5) is 58.0. The number of amides is 4. The summed E-state index contributed by atoms with van der Waals surface area (Å²) in [6, 6.07) is 14.9. The minimum Gasteiger partial charge on any atom is -0.497 e. The van der Waals surface area contributed by atoms with Gasteiger partial charge in [0.05, 0.1) is 28.4 Å². The van der Waals surface area contributed by atoms with E-state index in [0.29, 0.717) is 75.0 Å². The predicted octanol–water partition coefficient (Wildman–Crippen LogP) is 8.91. The molecule has 1 saturated heterocycles. The summed E-state index contributed by atoms with van der Waals surface area (Å²) in [5.41, 5.74) is 3.06. The zero-order valence-corrected chi connectivity index (χ0v) is 44.9. The molecule has 7 rings (SSSR count). The van der Waals surface area contributed by atoms with Gasteiger partial charge < -0.3 is 45.1 Å². The third-order valence-electron chi connectivity index (χ3n) is 11.4. The number of hydrogen-bond acceptors (Lipinski definition) is 16. The Hall–Kier alpha value is -7.32. The highest BCUT2D eigenvalue weighted by Crippen LogP contribution is 2.37. The maximum absolute atomic E-state index is 12.9. The largest absolute Gasteiger partial charge is 0.497 e. The molecule has 20 nitrogen and oxygen atoms in total. The summed E-state index contributed by atoms with van der Waals surface area (Å²) < 4.78 is 21.8. The quantitative estimate of drug-likeness (QED) is 0.0498. The Labute approximate surface area is 429 Å². The molecule has 4 amide bonds. The number of ether oxygens (including phenoxy) is 4. The topological polar surface area (TPSA) is 227 Å². The number of pyridine rings is 2. The Morgan fingerprint density at radius 2 is 1.01 bits per heavy atom. The molecule has 0 spiro atoms. The van der Waals surface area contributed by atoms with Crippen molar-refractivity contribution in [2.45, 2.75) is 98.8 Å². The summed E-state index contributed by atoms with van der Waals surface area (Å²) >= 11 is 0. The van der Waals surface area contributed by atoms with Crippen molar-refractivity contribution < 1.29 is 28.5 Å². The van der Waals surface area contributed by atoms with E-state index in [1.807, 2.05) is 91.8 Å². The second kappa shape index (κ2) is 24.4. The van der Waals surface area contributed by atoms with Crippen LogP contribution in [0.5, 0.6) is 23.0 Å². The third-order valence-corrected chi connectivity index (χ3v) is 11.4. The van der Waals surface area contributed by atoms with E-state index in [9.17, 15) is 9.59 Å². The Kier molecular flexibility index (Phi) is 18.4. The first kappa shape index (κ1) is 55.0. The number of urea groups is 2. The van der Waals surface area contributed by atoms with Crippen LogP contribution in [0.3, 0.4) is 0 Å². The zero-order chi connectivity index (χ0) is 53.0. The lowest BCUT2D eigenvalue weighted by atomic mass is 10.0. The number of aromatic nitrogens is 6. The van der Waals surface area contributed by atoms with E-state index < -0.39 is 11.1 Å². The van der Waals surface area contributed by atoms with Crippen LogP contribution >= 0.6 is 0 Å². The van der Waals surface area contributed by atoms with Gasteiger partial charge in [-0.25, -0.2) is 29.5 Å². The van der Waals surface area contributed by atoms with Crippen LogP contribution in [-0.2, 0) is 0 Å². The number of hydrogen-bond donors (Lipinski definition) is 6. The molecule has 0 radical (unpaired) electrons. The van der Waals surface area contributed by atoms with Gasteiger partial charge >= 0.3 is 12.1 Å². The van der Waals surface area contributed by atoms with Crippen molar-refractivity contribution in [2.24, 2.45) is 0 Å². The van der Waals surface area contributed by atoms with Crippen LogP contribution in [0.2, 0.25) is 0 Å². The highest BCUT2D eigenvalue weighted by atomic mass is 16.5. The van der Waals surface area contributed by atoms with Gasteiger partial charge in [-0.1, -0.05) is 0 Å². The number of rotatable bonds is 16. The van der Waals surface area contributed by atoms with Crippen molar-refractivity contribution in [3.63, 3.8) is 0 Å². The Bertz CT molecular complexity index is 2800. The number of piperazine rings is 1. The lowest BCUT2D eigenvalue weighted by Crippen LogP contribution is -2.49. The second-order valence-electron chi connectivity index (χ2n) is 20.4. The normalized spacial score (nSPS) is 13.3. The maximum Gasteiger partial charge on any atom is 0.320 e. The van der Waals surface area contributed by atoms with Crippen LogP contribution in [0.15, 0.2) is 60.9 Å². The second-order valence-corrected chi connectivity index (χ2v) is 20.4. The Balaban J connectivity index is 0.000000246. The first-order valence-electron chi connectivity index (χ1n) is 24.6. The van der Waals surface area contributed by atoms with Crippen LogP contribution in [0, 0.1) is 0 Å². The number of nitrogens with zero attached hydrogens (tertiary/aromatic N) is 8. The standard InChI is InChI=1S/C30H44N8O3.C23H30N6O3/c1-20(2)38-13-11-37(12-14-38)10-8-9-31-28-32-19-22-17-25(21-15-23(40-6)18-24(16-21)41-7)27(33-26(22)34-28)35-29(39)36-30(3,4)5;1-13(2)25-21-24-12-15-10-18(14-8-16(31-6)11-17(9-14)32-7)20(26-19(15)27-21)28-22(30)29-23(3,4)5/h15-20H,8-14H2,1-7H3,(H3,31,32,33,34,35,36,39);8-13H,1-7H3,(H3,24,25,26,27,28,29,30). The lowest BCUT2D eigenvalue weighted by Gasteiger charge is -2.36. The molecule has 1 fully saturated rings. The van der Waals surface area contributed by atoms with Gasteiger partial charge in [0.15, 0.2) is 11.3 Å². The average Bonchev–Trinajstić information content (AvgIpc) is 3.33. The van der Waals surface area contributed by atoms with Crippen LogP contribution in [0.1, 0.15) is 75.7 Å². The van der Waals surface area contributed by atoms with Gasteiger partial charge in [-0.15, -0.1) is 0 Å². The van der Waals surface area contributed by atoms with Crippen molar-refractivity contribution in [2.75, 3.05) is 89.0 Å². The monoisotopic (exact) mass is 1000 g/mol. The van der Waals surface area contributed by atoms with E-state index in [0.717, 1.165) is 67.6 Å². The SMILES string of the molecule is COc1cc(OC)cc(-c2cc3cnc(NC(C)C)nc3nc2NC(=O)NC(C)(C)C)c1.COc1cc(OC)cc(-c2cc3cnc(NCCCN4CCN(C(C)C)CC4)nc3nc2NC(=O)NC(C)(C)C)c1. The third kappa shape index (κ3) is 16.1. The first-order chi connectivity index (χ1) is 34.6. The molecular weight excluding hydrogens is 929 g/mol. The first-order valence-corrected chi connectivity index (χ1v) is 24.6. The average molecular weight is 1000 g/mol. The smallest absolute Gasteiger partial charge is 0.320 e. The molecule has 0 atom stereocenters. The minimum absolute atomic E-state index is 0.172. The van der Waals surface area contributed by atoms with E-state index in [1.54, 1.807) is 53.0 Å². The molecule has 6 N–H and O–H groups in total. The lowest BCUT2D eigenvalue weighted by molar-refractivity contribution is 0.108. The molecule has 0 aliphatic carbocycles. The van der Waals surface area contributed by atoms with Gasteiger partial charge in [-0.3, -0.25) is 15.5 Å². The van der Waals surface area contributed by atoms with Gasteiger partial charge in [-0.2, -0.15) is 9.97 Å². The maximum atomic E-state index is 12.9. The minimum atomic E-state index is -0.415. The van der Waals surface area contributed by atoms with Gasteiger partial charge in [0, 0.05) is 102 Å². The molecule has 5 heterocycles. The summed E-state index contributed by atoms with van der Waals surface area (Å²) in [7, 11) is 6.37. The highest BCUT2D eigenvalue weighted by Gasteiger charge is 2.22. The van der Waals surface area contributed by atoms with Gasteiger partial charge in [0.25, 0.3) is 0 Å². The molecule has 1 aliphatic heterocycles. The molecule has 0 saturated carbocycles. The van der Waals surface area contributed by atoms with E-state index >= 15 is 0 Å². The van der Waals surface area contributed by atoms with Crippen molar-refractivity contribution >= 4 is 57.7 Å². The number of methoxy groups -OCH3 is 4. The van der Waals surface area contributed by atoms with Crippen LogP contribution in [0.25, 0.3) is 44.3 Å². The molecule has 0 unspecified atom stereocenters. The zero-order valence-electron chi connectivity index (χ0n) is 44.9. The van der Waals surface area contributed by atoms with Crippen molar-refractivity contribution in [1.82, 2.24) is 50.3 Å². The van der Waals surface area contributed by atoms with Crippen molar-refractivity contribution in [3.05, 3.63) is 60.9 Å². The van der Waals surface area contributed by atoms with Gasteiger partial charge in [0.2, 0.25) is 11.9 Å². The van der Waals surface area contributed by atoms with E-state index in [1.165, 1.54) is 0 Å². The van der Waals surface area contributed by atoms with Crippen molar-refractivity contribution in [1.29, 1.82) is 0 Å². The number of carbonyl (C=O) groups is 2. The molecule has 73 heavy (non-hydrogen) atoms. The fraction of sp³-hybridized carbons (Fsp3) is 0.472. The Morgan fingerprint density at radius 3 is 1.41 bits per heavy atom. The fourth-order valence-electron chi connectivity index (χ4n) is 7.86. The molecule has 0 bridgehead atoms. The molecule has 2 aromatic carbocycles. The van der Waals surface area contributed by atoms with Crippen LogP contribution in [-0.4, -0.2) is 143 Å². The molecule has 4 aromatic heterocycles. The predicted molar refractivity (Wildman–Crippen MR) is 291 cm³/mol. The van der Waals surface area contributed by atoms with E-state index in [4.69, 9.17) is 23.9 Å². The number of carbonyl (C=O) groups excluding carboxylic acids is 2. The van der Waals surface area contributed by atoms with E-state index in [2.05, 4.69) is 80.5 Å². The molecule has 6 aromatic rings. The number of anilines is 4. The van der Waals surface area contributed by atoms with Crippen LogP contribution in [0.4, 0.5) is 33.1 Å². The highest BCUT2D eigenvalue weighted by molar-refractivity contribution is 5.98. The number of nitrogens with one attached hydrogen (secondary N) is 6. The van der Waals surface area contributed by atoms with Gasteiger partial charge in [0.1, 0.15) is 34.6 Å². The Morgan fingerprint density at radius 1 is 0.589 bits per heavy atom. The van der Waals surface area contributed by atoms with Crippen molar-refractivity contribution in [3.8, 4) is 45.3 Å². The summed E-state index contributed by atoms with van der Waals surface area (Å²) in [5, 5.41) is 19.6. The summed E-state index contributed by atoms with van der Waals surface area (Å²) in [6.45, 7) is 26.3. The summed E-state index contributed by atoms with van der Waals surface area (Å²) in [5.74, 6) is 4.22. The molecule has 1 aliphatic rings. The number of benzene rings is 2. The molecule has 20 heteroatoms. The van der Waals surface area contributed by atoms with Gasteiger partial charge in [-0.05, 0) is 130 Å².